The molecule has 2 unspecified atom stereocenters. The van der Waals surface area contributed by atoms with Crippen molar-refractivity contribution in [2.45, 2.75) is 38.0 Å². The third-order valence-electron chi connectivity index (χ3n) is 6.20. The lowest BCUT2D eigenvalue weighted by atomic mass is 9.74. The number of rotatable bonds is 2. The number of hydrogen-bond donors (Lipinski definition) is 2. The Labute approximate surface area is 170 Å². The molecule has 0 saturated heterocycles. The minimum atomic E-state index is -0.960. The van der Waals surface area contributed by atoms with Crippen LogP contribution in [0.1, 0.15) is 26.3 Å². The molecule has 0 saturated carbocycles. The monoisotopic (exact) mass is 388 g/mol. The largest absolute Gasteiger partial charge is 0.497 e. The second-order valence-corrected chi connectivity index (χ2v) is 8.25. The third-order valence-corrected chi connectivity index (χ3v) is 6.20. The lowest BCUT2D eigenvalue weighted by Gasteiger charge is -2.45. The average Bonchev–Trinajstić information content (AvgIpc) is 2.93. The molecule has 1 spiro atoms. The fraction of sp³-hybridized carbons (Fsp3) is 0.292. The smallest absolute Gasteiger partial charge is 0.232 e. The number of nitrogens with one attached hydrogen (secondary N) is 1. The van der Waals surface area contributed by atoms with E-state index in [0.717, 1.165) is 33.5 Å². The number of methoxy groups -OCH3 is 1. The fourth-order valence-corrected chi connectivity index (χ4v) is 4.61. The lowest BCUT2D eigenvalue weighted by Crippen LogP contribution is -2.63. The molecule has 2 atom stereocenters. The van der Waals surface area contributed by atoms with E-state index >= 15 is 0 Å². The van der Waals surface area contributed by atoms with Crippen molar-refractivity contribution in [3.05, 3.63) is 60.2 Å². The Morgan fingerprint density at radius 1 is 1.10 bits per heavy atom. The van der Waals surface area contributed by atoms with Crippen LogP contribution in [-0.2, 0) is 5.41 Å². The van der Waals surface area contributed by atoms with Gasteiger partial charge in [0.15, 0.2) is 0 Å². The number of aliphatic imine (C=N–C) groups is 1. The second kappa shape index (κ2) is 5.97. The van der Waals surface area contributed by atoms with E-state index in [1.165, 1.54) is 0 Å². The van der Waals surface area contributed by atoms with Crippen molar-refractivity contribution in [2.75, 3.05) is 12.4 Å². The van der Waals surface area contributed by atoms with Crippen molar-refractivity contribution in [1.82, 2.24) is 0 Å². The highest BCUT2D eigenvalue weighted by Gasteiger charge is 2.60. The number of hydrogen-bond acceptors (Lipinski definition) is 5. The molecule has 0 amide bonds. The summed E-state index contributed by atoms with van der Waals surface area (Å²) in [7, 11) is 1.65. The van der Waals surface area contributed by atoms with Crippen LogP contribution in [0.5, 0.6) is 11.5 Å². The Morgan fingerprint density at radius 2 is 1.90 bits per heavy atom. The molecule has 0 fully saturated rings. The van der Waals surface area contributed by atoms with Crippen LogP contribution in [0.2, 0.25) is 0 Å². The quantitative estimate of drug-likeness (QED) is 0.662. The predicted octanol–water partition coefficient (Wildman–Crippen LogP) is 4.79. The van der Waals surface area contributed by atoms with Gasteiger partial charge in [0.05, 0.1) is 18.6 Å². The molecule has 2 N–H and O–H groups in total. The van der Waals surface area contributed by atoms with E-state index in [-0.39, 0.29) is 0 Å². The Balaban J connectivity index is 1.74. The normalized spacial score (nSPS) is 22.3. The van der Waals surface area contributed by atoms with E-state index in [9.17, 15) is 5.11 Å². The van der Waals surface area contributed by atoms with Crippen LogP contribution in [0.3, 0.4) is 0 Å². The maximum absolute atomic E-state index is 10.7. The number of ether oxygens (including phenoxy) is 2. The van der Waals surface area contributed by atoms with Crippen molar-refractivity contribution >= 4 is 27.9 Å². The summed E-state index contributed by atoms with van der Waals surface area (Å²) in [5, 5.41) is 16.2. The van der Waals surface area contributed by atoms with Crippen LogP contribution in [0, 0.1) is 0 Å². The molecule has 2 aliphatic rings. The molecule has 2 aliphatic heterocycles. The number of aliphatic hydroxyl groups excluding tert-OH is 1. The van der Waals surface area contributed by atoms with Gasteiger partial charge in [0, 0.05) is 11.1 Å². The van der Waals surface area contributed by atoms with Gasteiger partial charge >= 0.3 is 0 Å². The molecule has 5 heteroatoms. The second-order valence-electron chi connectivity index (χ2n) is 8.25. The minimum absolute atomic E-state index is 0.439. The van der Waals surface area contributed by atoms with Crippen LogP contribution < -0.4 is 14.8 Å². The molecule has 0 radical (unpaired) electrons. The first-order valence-electron chi connectivity index (χ1n) is 9.82. The Hall–Kier alpha value is -3.05. The summed E-state index contributed by atoms with van der Waals surface area (Å²) in [4.78, 5) is 4.98. The number of anilines is 1. The number of para-hydroxylation sites is 1. The van der Waals surface area contributed by atoms with Gasteiger partial charge in [-0.05, 0) is 62.1 Å². The molecular formula is C24H24N2O3. The van der Waals surface area contributed by atoms with Gasteiger partial charge in [-0.15, -0.1) is 0 Å². The van der Waals surface area contributed by atoms with E-state index in [4.69, 9.17) is 14.5 Å². The summed E-state index contributed by atoms with van der Waals surface area (Å²) < 4.78 is 12.0. The summed E-state index contributed by atoms with van der Waals surface area (Å²) in [6.07, 6.45) is -0.780. The standard InChI is InChI=1S/C24H24N2O3/c1-14(27)22-24(23(2,3)18-7-5-6-8-19(18)26-24)29-20-12-9-15-13-16(28-4)10-11-17(15)21(20)25-22/h5-14,26-27H,1-4H3. The minimum Gasteiger partial charge on any atom is -0.497 e. The van der Waals surface area contributed by atoms with Crippen LogP contribution in [0.15, 0.2) is 59.6 Å². The van der Waals surface area contributed by atoms with Gasteiger partial charge in [-0.25, -0.2) is 4.99 Å². The van der Waals surface area contributed by atoms with Gasteiger partial charge in [-0.1, -0.05) is 24.3 Å². The highest BCUT2D eigenvalue weighted by molar-refractivity contribution is 6.08. The number of benzene rings is 3. The van der Waals surface area contributed by atoms with E-state index in [2.05, 4.69) is 25.2 Å². The Bertz CT molecular complexity index is 1170. The SMILES string of the molecule is COc1ccc2c3c(ccc2c1)OC1(Nc2ccccc2C1(C)C)C(C(C)O)=N3. The topological polar surface area (TPSA) is 63.1 Å². The number of fused-ring (bicyclic) bond motifs is 4. The molecule has 2 heterocycles. The zero-order valence-electron chi connectivity index (χ0n) is 17.0. The van der Waals surface area contributed by atoms with Crippen LogP contribution >= 0.6 is 0 Å². The van der Waals surface area contributed by atoms with E-state index in [0.29, 0.717) is 11.5 Å². The Kier molecular flexibility index (Phi) is 3.71. The molecule has 0 bridgehead atoms. The van der Waals surface area contributed by atoms with Crippen molar-refractivity contribution in [2.24, 2.45) is 4.99 Å². The maximum Gasteiger partial charge on any atom is 0.232 e. The summed E-state index contributed by atoms with van der Waals surface area (Å²) in [5.41, 5.74) is 2.06. The highest BCUT2D eigenvalue weighted by atomic mass is 16.5. The lowest BCUT2D eigenvalue weighted by molar-refractivity contribution is 0.0875. The first-order chi connectivity index (χ1) is 13.9. The van der Waals surface area contributed by atoms with Gasteiger partial charge in [0.1, 0.15) is 22.9 Å². The zero-order valence-corrected chi connectivity index (χ0v) is 17.0. The number of nitrogens with zero attached hydrogens (tertiary/aromatic N) is 1. The van der Waals surface area contributed by atoms with Crippen LogP contribution in [-0.4, -0.2) is 29.8 Å². The molecule has 5 nitrogen and oxygen atoms in total. The van der Waals surface area contributed by atoms with Crippen molar-refractivity contribution in [3.8, 4) is 11.5 Å². The Morgan fingerprint density at radius 3 is 2.62 bits per heavy atom. The zero-order chi connectivity index (χ0) is 20.4. The number of aliphatic hydroxyl groups is 1. The van der Waals surface area contributed by atoms with Crippen molar-refractivity contribution in [1.29, 1.82) is 0 Å². The third kappa shape index (κ3) is 2.34. The van der Waals surface area contributed by atoms with E-state index < -0.39 is 17.2 Å². The van der Waals surface area contributed by atoms with E-state index in [1.807, 2.05) is 48.5 Å². The molecule has 0 aliphatic carbocycles. The van der Waals surface area contributed by atoms with Gasteiger partial charge in [0.25, 0.3) is 0 Å². The average molecular weight is 388 g/mol. The molecule has 29 heavy (non-hydrogen) atoms. The van der Waals surface area contributed by atoms with Gasteiger partial charge in [-0.2, -0.15) is 0 Å². The summed E-state index contributed by atoms with van der Waals surface area (Å²) in [5.74, 6) is 1.49. The molecular weight excluding hydrogens is 364 g/mol. The first kappa shape index (κ1) is 18.0. The van der Waals surface area contributed by atoms with Crippen LogP contribution in [0.4, 0.5) is 11.4 Å². The van der Waals surface area contributed by atoms with Crippen LogP contribution in [0.25, 0.3) is 10.8 Å². The molecule has 3 aromatic rings. The van der Waals surface area contributed by atoms with Gasteiger partial charge < -0.3 is 19.9 Å². The van der Waals surface area contributed by atoms with Gasteiger partial charge in [0.2, 0.25) is 5.72 Å². The fourth-order valence-electron chi connectivity index (χ4n) is 4.61. The van der Waals surface area contributed by atoms with Gasteiger partial charge in [-0.3, -0.25) is 0 Å². The molecule has 148 valence electrons. The molecule has 0 aromatic heterocycles. The molecule has 5 rings (SSSR count). The summed E-state index contributed by atoms with van der Waals surface area (Å²) in [6.45, 7) is 5.99. The first-order valence-corrected chi connectivity index (χ1v) is 9.82. The summed E-state index contributed by atoms with van der Waals surface area (Å²) >= 11 is 0. The molecule has 3 aromatic carbocycles. The van der Waals surface area contributed by atoms with Crippen molar-refractivity contribution < 1.29 is 14.6 Å². The predicted molar refractivity (Wildman–Crippen MR) is 116 cm³/mol. The van der Waals surface area contributed by atoms with E-state index in [1.54, 1.807) is 14.0 Å². The maximum atomic E-state index is 10.7. The highest BCUT2D eigenvalue weighted by Crippen LogP contribution is 2.53. The van der Waals surface area contributed by atoms with Crippen molar-refractivity contribution in [3.63, 3.8) is 0 Å². The summed E-state index contributed by atoms with van der Waals surface area (Å²) in [6, 6.07) is 18.0.